The molecule has 1 aliphatic heterocycles. The van der Waals surface area contributed by atoms with E-state index in [9.17, 15) is 4.79 Å². The van der Waals surface area contributed by atoms with Gasteiger partial charge in [0.2, 0.25) is 0 Å². The Balaban J connectivity index is 1.81. The van der Waals surface area contributed by atoms with Gasteiger partial charge in [-0.2, -0.15) is 0 Å². The Morgan fingerprint density at radius 1 is 1.15 bits per heavy atom. The highest BCUT2D eigenvalue weighted by atomic mass is 16.5. The van der Waals surface area contributed by atoms with Gasteiger partial charge in [0.25, 0.3) is 5.91 Å². The smallest absolute Gasteiger partial charge is 0.255 e. The van der Waals surface area contributed by atoms with Crippen LogP contribution in [-0.4, -0.2) is 27.5 Å². The molecule has 1 atom stereocenters. The van der Waals surface area contributed by atoms with Gasteiger partial charge < -0.3 is 9.42 Å². The van der Waals surface area contributed by atoms with Crippen molar-refractivity contribution in [2.24, 2.45) is 0 Å². The predicted molar refractivity (Wildman–Crippen MR) is 100 cm³/mol. The lowest BCUT2D eigenvalue weighted by atomic mass is 10.0. The van der Waals surface area contributed by atoms with E-state index in [1.54, 1.807) is 0 Å². The second-order valence-corrected chi connectivity index (χ2v) is 7.31. The summed E-state index contributed by atoms with van der Waals surface area (Å²) in [5, 5.41) is 5.08. The number of carbonyl (C=O) groups excluding carboxylic acids is 1. The minimum atomic E-state index is -0.0191. The van der Waals surface area contributed by atoms with Crippen molar-refractivity contribution in [3.63, 3.8) is 0 Å². The molecule has 0 bridgehead atoms. The van der Waals surface area contributed by atoms with Crippen molar-refractivity contribution in [2.75, 3.05) is 6.54 Å². The molecule has 1 aliphatic rings. The Kier molecular flexibility index (Phi) is 4.02. The van der Waals surface area contributed by atoms with Crippen LogP contribution in [0.25, 0.3) is 10.9 Å². The van der Waals surface area contributed by atoms with Crippen LogP contribution in [0.5, 0.6) is 0 Å². The molecule has 4 rings (SSSR count). The van der Waals surface area contributed by atoms with E-state index in [2.05, 4.69) is 29.2 Å². The standard InChI is InChI=1S/C21H23N3O2/c1-12-8-13(2)20-16(9-12)17(10-14(3)22-20)21(25)24-7-5-6-19(24)18-11-15(4)26-23-18/h8-11,19H,5-7H2,1-4H3/t19-/m1/s1. The number of fused-ring (bicyclic) bond motifs is 1. The highest BCUT2D eigenvalue weighted by molar-refractivity contribution is 6.07. The normalized spacial score (nSPS) is 17.2. The molecule has 0 aliphatic carbocycles. The average Bonchev–Trinajstić information content (AvgIpc) is 3.23. The molecular formula is C21H23N3O2. The first-order valence-electron chi connectivity index (χ1n) is 9.07. The number of benzene rings is 1. The van der Waals surface area contributed by atoms with Crippen LogP contribution in [0.2, 0.25) is 0 Å². The van der Waals surface area contributed by atoms with Crippen molar-refractivity contribution in [3.8, 4) is 0 Å². The molecule has 0 radical (unpaired) electrons. The van der Waals surface area contributed by atoms with Crippen molar-refractivity contribution in [1.82, 2.24) is 15.0 Å². The molecule has 0 N–H and O–H groups in total. The zero-order valence-electron chi connectivity index (χ0n) is 15.7. The van der Waals surface area contributed by atoms with Crippen molar-refractivity contribution in [2.45, 2.75) is 46.6 Å². The molecule has 1 fully saturated rings. The largest absolute Gasteiger partial charge is 0.361 e. The van der Waals surface area contributed by atoms with Crippen molar-refractivity contribution < 1.29 is 9.32 Å². The zero-order chi connectivity index (χ0) is 18.4. The van der Waals surface area contributed by atoms with E-state index in [1.807, 2.05) is 37.8 Å². The Labute approximate surface area is 153 Å². The van der Waals surface area contributed by atoms with Crippen LogP contribution in [0.15, 0.2) is 28.8 Å². The number of amides is 1. The molecule has 2 aromatic heterocycles. The molecule has 0 saturated carbocycles. The van der Waals surface area contributed by atoms with Crippen LogP contribution in [0.4, 0.5) is 0 Å². The zero-order valence-corrected chi connectivity index (χ0v) is 15.7. The maximum absolute atomic E-state index is 13.5. The SMILES string of the molecule is Cc1cc(C)c2nc(C)cc(C(=O)N3CCC[C@@H]3c3cc(C)on3)c2c1. The number of pyridine rings is 1. The molecule has 1 amide bonds. The minimum absolute atomic E-state index is 0.0191. The fourth-order valence-corrected chi connectivity index (χ4v) is 4.00. The number of aryl methyl sites for hydroxylation is 4. The number of hydrogen-bond donors (Lipinski definition) is 0. The van der Waals surface area contributed by atoms with Gasteiger partial charge in [0.05, 0.1) is 17.1 Å². The van der Waals surface area contributed by atoms with E-state index in [1.165, 1.54) is 0 Å². The Hall–Kier alpha value is -2.69. The summed E-state index contributed by atoms with van der Waals surface area (Å²) in [5.74, 6) is 0.824. The quantitative estimate of drug-likeness (QED) is 0.686. The first-order valence-corrected chi connectivity index (χ1v) is 9.07. The third kappa shape index (κ3) is 2.77. The minimum Gasteiger partial charge on any atom is -0.361 e. The Morgan fingerprint density at radius 2 is 1.96 bits per heavy atom. The second-order valence-electron chi connectivity index (χ2n) is 7.31. The van der Waals surface area contributed by atoms with Crippen LogP contribution in [0.3, 0.4) is 0 Å². The van der Waals surface area contributed by atoms with Crippen molar-refractivity contribution >= 4 is 16.8 Å². The molecule has 5 heteroatoms. The number of likely N-dealkylation sites (tertiary alicyclic amines) is 1. The predicted octanol–water partition coefficient (Wildman–Crippen LogP) is 4.43. The first kappa shape index (κ1) is 16.8. The summed E-state index contributed by atoms with van der Waals surface area (Å²) in [4.78, 5) is 20.1. The molecule has 26 heavy (non-hydrogen) atoms. The van der Waals surface area contributed by atoms with Gasteiger partial charge in [0, 0.05) is 23.7 Å². The van der Waals surface area contributed by atoms with Gasteiger partial charge in [0.15, 0.2) is 0 Å². The summed E-state index contributed by atoms with van der Waals surface area (Å²) < 4.78 is 5.23. The van der Waals surface area contributed by atoms with Gasteiger partial charge >= 0.3 is 0 Å². The lowest BCUT2D eigenvalue weighted by Gasteiger charge is -2.24. The molecule has 3 heterocycles. The topological polar surface area (TPSA) is 59.2 Å². The highest BCUT2D eigenvalue weighted by Gasteiger charge is 2.33. The third-order valence-electron chi connectivity index (χ3n) is 5.11. The Bertz CT molecular complexity index is 1010. The molecule has 3 aromatic rings. The van der Waals surface area contributed by atoms with Gasteiger partial charge in [-0.15, -0.1) is 0 Å². The molecule has 0 spiro atoms. The van der Waals surface area contributed by atoms with Crippen LogP contribution in [-0.2, 0) is 0 Å². The summed E-state index contributed by atoms with van der Waals surface area (Å²) in [5.41, 5.74) is 5.58. The van der Waals surface area contributed by atoms with E-state index in [0.29, 0.717) is 0 Å². The van der Waals surface area contributed by atoms with E-state index in [-0.39, 0.29) is 11.9 Å². The molecule has 5 nitrogen and oxygen atoms in total. The number of aromatic nitrogens is 2. The van der Waals surface area contributed by atoms with Crippen molar-refractivity contribution in [3.05, 3.63) is 58.1 Å². The Morgan fingerprint density at radius 3 is 2.69 bits per heavy atom. The summed E-state index contributed by atoms with van der Waals surface area (Å²) >= 11 is 0. The van der Waals surface area contributed by atoms with Gasteiger partial charge in [-0.25, -0.2) is 0 Å². The van der Waals surface area contributed by atoms with Crippen LogP contribution < -0.4 is 0 Å². The van der Waals surface area contributed by atoms with Crippen LogP contribution in [0, 0.1) is 27.7 Å². The fraction of sp³-hybridized carbons (Fsp3) is 0.381. The van der Waals surface area contributed by atoms with Crippen LogP contribution in [0.1, 0.15) is 57.5 Å². The average molecular weight is 349 g/mol. The molecule has 134 valence electrons. The number of carbonyl (C=O) groups is 1. The highest BCUT2D eigenvalue weighted by Crippen LogP contribution is 2.34. The van der Waals surface area contributed by atoms with Gasteiger partial charge in [-0.1, -0.05) is 16.8 Å². The summed E-state index contributed by atoms with van der Waals surface area (Å²) in [6, 6.07) is 8.00. The molecule has 1 saturated heterocycles. The number of rotatable bonds is 2. The van der Waals surface area contributed by atoms with E-state index in [0.717, 1.165) is 64.1 Å². The second kappa shape index (κ2) is 6.24. The summed E-state index contributed by atoms with van der Waals surface area (Å²) in [6.45, 7) is 8.66. The van der Waals surface area contributed by atoms with E-state index >= 15 is 0 Å². The maximum atomic E-state index is 13.5. The first-order chi connectivity index (χ1) is 12.4. The van der Waals surface area contributed by atoms with Crippen LogP contribution >= 0.6 is 0 Å². The fourth-order valence-electron chi connectivity index (χ4n) is 4.00. The molecule has 1 aromatic carbocycles. The van der Waals surface area contributed by atoms with E-state index in [4.69, 9.17) is 4.52 Å². The van der Waals surface area contributed by atoms with Gasteiger partial charge in [-0.3, -0.25) is 9.78 Å². The summed E-state index contributed by atoms with van der Waals surface area (Å²) in [6.07, 6.45) is 1.89. The maximum Gasteiger partial charge on any atom is 0.255 e. The monoisotopic (exact) mass is 349 g/mol. The molecule has 0 unspecified atom stereocenters. The molecular weight excluding hydrogens is 326 g/mol. The van der Waals surface area contributed by atoms with E-state index < -0.39 is 0 Å². The number of nitrogens with zero attached hydrogens (tertiary/aromatic N) is 3. The lowest BCUT2D eigenvalue weighted by molar-refractivity contribution is 0.0732. The number of hydrogen-bond acceptors (Lipinski definition) is 4. The third-order valence-corrected chi connectivity index (χ3v) is 5.11. The van der Waals surface area contributed by atoms with Crippen molar-refractivity contribution in [1.29, 1.82) is 0 Å². The van der Waals surface area contributed by atoms with Gasteiger partial charge in [-0.05, 0) is 58.2 Å². The van der Waals surface area contributed by atoms with Gasteiger partial charge in [0.1, 0.15) is 11.5 Å². The lowest BCUT2D eigenvalue weighted by Crippen LogP contribution is -2.31. The summed E-state index contributed by atoms with van der Waals surface area (Å²) in [7, 11) is 0.